The van der Waals surface area contributed by atoms with Crippen LogP contribution in [0.2, 0.25) is 0 Å². The maximum atomic E-state index is 12.5. The van der Waals surface area contributed by atoms with Crippen molar-refractivity contribution in [3.8, 4) is 5.75 Å². The number of ether oxygens (including phenoxy) is 1. The lowest BCUT2D eigenvalue weighted by Crippen LogP contribution is -2.17. The quantitative estimate of drug-likeness (QED) is 0.578. The van der Waals surface area contributed by atoms with E-state index >= 15 is 0 Å². The van der Waals surface area contributed by atoms with Crippen molar-refractivity contribution in [2.45, 2.75) is 6.61 Å². The van der Waals surface area contributed by atoms with Gasteiger partial charge in [-0.25, -0.2) is 0 Å². The topological polar surface area (TPSA) is 36.2 Å². The number of aryl methyl sites for hydroxylation is 2. The van der Waals surface area contributed by atoms with Crippen molar-refractivity contribution in [3.05, 3.63) is 76.7 Å². The molecular formula is C20H18N2O2. The molecule has 0 radical (unpaired) electrons. The summed E-state index contributed by atoms with van der Waals surface area (Å²) >= 11 is 0. The first kappa shape index (κ1) is 14.6. The molecule has 0 aliphatic carbocycles. The van der Waals surface area contributed by atoms with E-state index in [0.717, 1.165) is 27.6 Å². The average Bonchev–Trinajstić information content (AvgIpc) is 2.91. The highest BCUT2D eigenvalue weighted by atomic mass is 16.5. The van der Waals surface area contributed by atoms with Gasteiger partial charge in [0, 0.05) is 31.1 Å². The number of pyridine rings is 1. The first-order valence-electron chi connectivity index (χ1n) is 7.90. The van der Waals surface area contributed by atoms with E-state index in [1.807, 2.05) is 66.2 Å². The number of rotatable bonds is 3. The number of hydrogen-bond donors (Lipinski definition) is 0. The van der Waals surface area contributed by atoms with Gasteiger partial charge in [0.25, 0.3) is 5.56 Å². The van der Waals surface area contributed by atoms with E-state index < -0.39 is 0 Å². The van der Waals surface area contributed by atoms with Crippen molar-refractivity contribution in [1.82, 2.24) is 9.13 Å². The Hall–Kier alpha value is -3.01. The molecule has 2 heterocycles. The minimum Gasteiger partial charge on any atom is -0.488 e. The van der Waals surface area contributed by atoms with Crippen LogP contribution in [0.3, 0.4) is 0 Å². The molecule has 0 saturated heterocycles. The molecule has 24 heavy (non-hydrogen) atoms. The van der Waals surface area contributed by atoms with Gasteiger partial charge >= 0.3 is 0 Å². The zero-order chi connectivity index (χ0) is 16.7. The molecule has 0 aliphatic rings. The lowest BCUT2D eigenvalue weighted by Gasteiger charge is -2.08. The van der Waals surface area contributed by atoms with Crippen LogP contribution >= 0.6 is 0 Å². The Morgan fingerprint density at radius 3 is 2.54 bits per heavy atom. The van der Waals surface area contributed by atoms with Crippen LogP contribution in [0.4, 0.5) is 0 Å². The number of aromatic nitrogens is 2. The second kappa shape index (κ2) is 5.57. The van der Waals surface area contributed by atoms with Crippen molar-refractivity contribution in [2.24, 2.45) is 14.1 Å². The Balaban J connectivity index is 1.89. The monoisotopic (exact) mass is 318 g/mol. The van der Waals surface area contributed by atoms with Gasteiger partial charge in [-0.1, -0.05) is 36.4 Å². The molecule has 0 saturated carbocycles. The maximum absolute atomic E-state index is 12.5. The van der Waals surface area contributed by atoms with E-state index in [1.165, 1.54) is 0 Å². The second-order valence-electron chi connectivity index (χ2n) is 5.98. The molecule has 4 heteroatoms. The Labute approximate surface area is 139 Å². The van der Waals surface area contributed by atoms with E-state index in [4.69, 9.17) is 4.74 Å². The average molecular weight is 318 g/mol. The van der Waals surface area contributed by atoms with Crippen LogP contribution in [-0.2, 0) is 20.7 Å². The molecule has 0 fully saturated rings. The first-order valence-corrected chi connectivity index (χ1v) is 7.90. The molecule has 120 valence electrons. The standard InChI is InChI=1S/C20H18N2O2/c1-21-12-11-15-18-16(22(2)19(15)20(21)23)9-6-10-17(18)24-13-14-7-4-3-5-8-14/h3-12H,13H2,1-2H3. The summed E-state index contributed by atoms with van der Waals surface area (Å²) in [6.07, 6.45) is 1.80. The molecule has 2 aromatic heterocycles. The summed E-state index contributed by atoms with van der Waals surface area (Å²) in [6, 6.07) is 18.0. The van der Waals surface area contributed by atoms with Crippen molar-refractivity contribution in [3.63, 3.8) is 0 Å². The summed E-state index contributed by atoms with van der Waals surface area (Å²) in [4.78, 5) is 12.5. The molecule has 2 aromatic carbocycles. The summed E-state index contributed by atoms with van der Waals surface area (Å²) in [5.41, 5.74) is 2.82. The number of benzene rings is 2. The van der Waals surface area contributed by atoms with E-state index in [1.54, 1.807) is 17.8 Å². The summed E-state index contributed by atoms with van der Waals surface area (Å²) in [7, 11) is 3.69. The Morgan fingerprint density at radius 1 is 0.958 bits per heavy atom. The molecule has 0 amide bonds. The van der Waals surface area contributed by atoms with Crippen molar-refractivity contribution in [1.29, 1.82) is 0 Å². The SMILES string of the molecule is Cn1ccc2c3c(OCc4ccccc4)cccc3n(C)c2c1=O. The molecule has 0 aliphatic heterocycles. The highest BCUT2D eigenvalue weighted by Crippen LogP contribution is 2.34. The Kier molecular flexibility index (Phi) is 3.38. The molecule has 0 N–H and O–H groups in total. The molecule has 4 aromatic rings. The van der Waals surface area contributed by atoms with Gasteiger partial charge in [0.2, 0.25) is 0 Å². The van der Waals surface area contributed by atoms with Crippen LogP contribution in [0.15, 0.2) is 65.6 Å². The molecule has 4 nitrogen and oxygen atoms in total. The van der Waals surface area contributed by atoms with Crippen molar-refractivity contribution >= 4 is 21.8 Å². The van der Waals surface area contributed by atoms with Crippen LogP contribution < -0.4 is 10.3 Å². The van der Waals surface area contributed by atoms with Crippen molar-refractivity contribution in [2.75, 3.05) is 0 Å². The van der Waals surface area contributed by atoms with Crippen LogP contribution in [0.1, 0.15) is 5.56 Å². The van der Waals surface area contributed by atoms with Gasteiger partial charge in [0.05, 0.1) is 5.52 Å². The fourth-order valence-electron chi connectivity index (χ4n) is 3.19. The molecule has 0 unspecified atom stereocenters. The van der Waals surface area contributed by atoms with E-state index in [9.17, 15) is 4.79 Å². The Bertz CT molecular complexity index is 1090. The Morgan fingerprint density at radius 2 is 1.75 bits per heavy atom. The first-order chi connectivity index (χ1) is 11.7. The van der Waals surface area contributed by atoms with Crippen LogP contribution in [-0.4, -0.2) is 9.13 Å². The fraction of sp³-hybridized carbons (Fsp3) is 0.150. The van der Waals surface area contributed by atoms with E-state index in [2.05, 4.69) is 0 Å². The van der Waals surface area contributed by atoms with Gasteiger partial charge in [-0.2, -0.15) is 0 Å². The van der Waals surface area contributed by atoms with Gasteiger partial charge in [-0.15, -0.1) is 0 Å². The van der Waals surface area contributed by atoms with Crippen LogP contribution in [0.5, 0.6) is 5.75 Å². The lowest BCUT2D eigenvalue weighted by molar-refractivity contribution is 0.310. The van der Waals surface area contributed by atoms with Gasteiger partial charge in [-0.3, -0.25) is 4.79 Å². The van der Waals surface area contributed by atoms with Gasteiger partial charge in [0.15, 0.2) is 0 Å². The molecule has 4 rings (SSSR count). The van der Waals surface area contributed by atoms with Crippen LogP contribution in [0.25, 0.3) is 21.8 Å². The summed E-state index contributed by atoms with van der Waals surface area (Å²) < 4.78 is 9.62. The number of fused-ring (bicyclic) bond motifs is 3. The zero-order valence-electron chi connectivity index (χ0n) is 13.7. The minimum absolute atomic E-state index is 0.000194. The number of hydrogen-bond acceptors (Lipinski definition) is 2. The minimum atomic E-state index is 0.000194. The normalized spacial score (nSPS) is 11.2. The molecule has 0 spiro atoms. The molecule has 0 bridgehead atoms. The molecular weight excluding hydrogens is 300 g/mol. The highest BCUT2D eigenvalue weighted by molar-refractivity contribution is 6.10. The zero-order valence-corrected chi connectivity index (χ0v) is 13.7. The fourth-order valence-corrected chi connectivity index (χ4v) is 3.19. The lowest BCUT2D eigenvalue weighted by atomic mass is 10.1. The molecule has 0 atom stereocenters. The van der Waals surface area contributed by atoms with Crippen molar-refractivity contribution < 1.29 is 4.74 Å². The van der Waals surface area contributed by atoms with Crippen LogP contribution in [0, 0.1) is 0 Å². The van der Waals surface area contributed by atoms with E-state index in [-0.39, 0.29) is 5.56 Å². The van der Waals surface area contributed by atoms with Gasteiger partial charge in [0.1, 0.15) is 17.9 Å². The third kappa shape index (κ3) is 2.19. The third-order valence-electron chi connectivity index (χ3n) is 4.45. The third-order valence-corrected chi connectivity index (χ3v) is 4.45. The highest BCUT2D eigenvalue weighted by Gasteiger charge is 2.15. The number of nitrogens with zero attached hydrogens (tertiary/aromatic N) is 2. The largest absolute Gasteiger partial charge is 0.488 e. The summed E-state index contributed by atoms with van der Waals surface area (Å²) in [6.45, 7) is 0.501. The predicted octanol–water partition coefficient (Wildman–Crippen LogP) is 3.61. The predicted molar refractivity (Wildman–Crippen MR) is 96.4 cm³/mol. The smallest absolute Gasteiger partial charge is 0.274 e. The van der Waals surface area contributed by atoms with Gasteiger partial charge in [-0.05, 0) is 23.8 Å². The second-order valence-corrected chi connectivity index (χ2v) is 5.98. The van der Waals surface area contributed by atoms with Gasteiger partial charge < -0.3 is 13.9 Å². The van der Waals surface area contributed by atoms with E-state index in [0.29, 0.717) is 12.1 Å². The maximum Gasteiger partial charge on any atom is 0.274 e. The summed E-state index contributed by atoms with van der Waals surface area (Å²) in [5, 5.41) is 1.92. The summed E-state index contributed by atoms with van der Waals surface area (Å²) in [5.74, 6) is 0.801.